The van der Waals surface area contributed by atoms with Crippen LogP contribution in [0.5, 0.6) is 0 Å². The molecule has 4 rings (SSSR count). The summed E-state index contributed by atoms with van der Waals surface area (Å²) in [5.41, 5.74) is 3.97. The van der Waals surface area contributed by atoms with Gasteiger partial charge in [0.15, 0.2) is 0 Å². The fourth-order valence-corrected chi connectivity index (χ4v) is 6.68. The minimum Gasteiger partial charge on any atom is -0.294 e. The van der Waals surface area contributed by atoms with Crippen molar-refractivity contribution in [2.24, 2.45) is 0 Å². The molecule has 1 aromatic heterocycles. The summed E-state index contributed by atoms with van der Waals surface area (Å²) in [5, 5.41) is 0.590. The second kappa shape index (κ2) is 10.4. The summed E-state index contributed by atoms with van der Waals surface area (Å²) in [6.45, 7) is 2.72. The van der Waals surface area contributed by atoms with E-state index in [1.807, 2.05) is 24.3 Å². The number of thioether (sulfide) groups is 1. The maximum atomic E-state index is 12.8. The van der Waals surface area contributed by atoms with Gasteiger partial charge in [0.2, 0.25) is 10.0 Å². The molecule has 5 nitrogen and oxygen atoms in total. The lowest BCUT2D eigenvalue weighted by Crippen LogP contribution is -2.26. The Hall–Kier alpha value is -2.10. The fourth-order valence-electron chi connectivity index (χ4n) is 3.48. The number of nitrogens with zero attached hydrogens (tertiary/aromatic N) is 1. The number of thiazole rings is 1. The molecule has 172 valence electrons. The van der Waals surface area contributed by atoms with Crippen LogP contribution in [-0.2, 0) is 22.3 Å². The summed E-state index contributed by atoms with van der Waals surface area (Å²) in [6, 6.07) is 20.4. The molecule has 0 radical (unpaired) electrons. The molecule has 33 heavy (non-hydrogen) atoms. The number of aromatic nitrogens is 1. The number of aryl methyl sites for hydroxylation is 1. The number of nitrogens with one attached hydrogen (secondary N) is 1. The molecule has 3 aromatic carbocycles. The molecule has 0 unspecified atom stereocenters. The number of benzene rings is 3. The van der Waals surface area contributed by atoms with E-state index in [0.717, 1.165) is 22.7 Å². The Morgan fingerprint density at radius 2 is 1.88 bits per heavy atom. The highest BCUT2D eigenvalue weighted by molar-refractivity contribution is 7.98. The van der Waals surface area contributed by atoms with Crippen molar-refractivity contribution >= 4 is 54.9 Å². The van der Waals surface area contributed by atoms with Gasteiger partial charge in [-0.1, -0.05) is 71.0 Å². The lowest BCUT2D eigenvalue weighted by molar-refractivity contribution is 0.584. The SMILES string of the molecule is Cc1cccc(CSCCNS(=O)(=O)c2ccc3c(c2)sc(=O)n3Cc2ccccc2Cl)c1. The van der Waals surface area contributed by atoms with Gasteiger partial charge in [-0.15, -0.1) is 0 Å². The van der Waals surface area contributed by atoms with E-state index >= 15 is 0 Å². The zero-order valence-corrected chi connectivity index (χ0v) is 21.2. The second-order valence-corrected chi connectivity index (χ2v) is 11.9. The Kier molecular flexibility index (Phi) is 7.61. The van der Waals surface area contributed by atoms with E-state index in [2.05, 4.69) is 29.8 Å². The molecular weight excluding hydrogens is 496 g/mol. The van der Waals surface area contributed by atoms with Gasteiger partial charge in [-0.3, -0.25) is 9.36 Å². The molecule has 4 aromatic rings. The maximum absolute atomic E-state index is 12.8. The number of hydrogen-bond acceptors (Lipinski definition) is 5. The van der Waals surface area contributed by atoms with Gasteiger partial charge in [-0.2, -0.15) is 11.8 Å². The van der Waals surface area contributed by atoms with Crippen LogP contribution in [-0.4, -0.2) is 25.3 Å². The minimum absolute atomic E-state index is 0.153. The van der Waals surface area contributed by atoms with Crippen LogP contribution in [0.3, 0.4) is 0 Å². The summed E-state index contributed by atoms with van der Waals surface area (Å²) in [6.07, 6.45) is 0. The van der Waals surface area contributed by atoms with Crippen molar-refractivity contribution < 1.29 is 8.42 Å². The average molecular weight is 519 g/mol. The number of halogens is 1. The summed E-state index contributed by atoms with van der Waals surface area (Å²) < 4.78 is 30.4. The highest BCUT2D eigenvalue weighted by Crippen LogP contribution is 2.24. The van der Waals surface area contributed by atoms with Crippen molar-refractivity contribution in [2.75, 3.05) is 12.3 Å². The van der Waals surface area contributed by atoms with E-state index < -0.39 is 10.0 Å². The Morgan fingerprint density at radius 3 is 2.67 bits per heavy atom. The van der Waals surface area contributed by atoms with Gasteiger partial charge in [0.25, 0.3) is 0 Å². The number of sulfonamides is 1. The molecule has 0 spiro atoms. The topological polar surface area (TPSA) is 68.2 Å². The van der Waals surface area contributed by atoms with Gasteiger partial charge >= 0.3 is 4.87 Å². The zero-order valence-electron chi connectivity index (χ0n) is 18.0. The average Bonchev–Trinajstić information content (AvgIpc) is 3.09. The van der Waals surface area contributed by atoms with Crippen LogP contribution < -0.4 is 9.60 Å². The number of hydrogen-bond donors (Lipinski definition) is 1. The zero-order chi connectivity index (χ0) is 23.4. The van der Waals surface area contributed by atoms with E-state index in [0.29, 0.717) is 34.1 Å². The van der Waals surface area contributed by atoms with E-state index in [-0.39, 0.29) is 9.77 Å². The van der Waals surface area contributed by atoms with Crippen LogP contribution in [0, 0.1) is 6.92 Å². The van der Waals surface area contributed by atoms with Crippen molar-refractivity contribution in [3.8, 4) is 0 Å². The Morgan fingerprint density at radius 1 is 1.06 bits per heavy atom. The van der Waals surface area contributed by atoms with E-state index in [1.165, 1.54) is 11.1 Å². The van der Waals surface area contributed by atoms with Gasteiger partial charge in [-0.05, 0) is 42.3 Å². The van der Waals surface area contributed by atoms with E-state index in [9.17, 15) is 13.2 Å². The van der Waals surface area contributed by atoms with Gasteiger partial charge in [0.05, 0.1) is 21.7 Å². The van der Waals surface area contributed by atoms with Crippen LogP contribution in [0.25, 0.3) is 10.2 Å². The standard InChI is InChI=1S/C24H23ClN2O3S3/c1-17-5-4-6-18(13-17)16-31-12-11-26-33(29,30)20-9-10-22-23(14-20)32-24(28)27(22)15-19-7-2-3-8-21(19)25/h2-10,13-14,26H,11-12,15-16H2,1H3. The first-order valence-corrected chi connectivity index (χ1v) is 14.2. The molecule has 0 aliphatic rings. The number of rotatable bonds is 9. The molecule has 0 aliphatic heterocycles. The molecule has 0 bridgehead atoms. The van der Waals surface area contributed by atoms with Crippen molar-refractivity contribution in [3.05, 3.63) is 98.1 Å². The largest absolute Gasteiger partial charge is 0.308 e. The normalized spacial score (nSPS) is 11.8. The molecule has 0 amide bonds. The third kappa shape index (κ3) is 5.88. The lowest BCUT2D eigenvalue weighted by Gasteiger charge is -2.09. The summed E-state index contributed by atoms with van der Waals surface area (Å²) >= 11 is 8.95. The number of fused-ring (bicyclic) bond motifs is 1. The molecule has 0 atom stereocenters. The van der Waals surface area contributed by atoms with Gasteiger partial charge in [0, 0.05) is 23.1 Å². The first-order chi connectivity index (χ1) is 15.8. The molecular formula is C24H23ClN2O3S3. The highest BCUT2D eigenvalue weighted by Gasteiger charge is 2.17. The van der Waals surface area contributed by atoms with Crippen molar-refractivity contribution in [3.63, 3.8) is 0 Å². The van der Waals surface area contributed by atoms with Crippen molar-refractivity contribution in [1.29, 1.82) is 0 Å². The van der Waals surface area contributed by atoms with E-state index in [4.69, 9.17) is 11.6 Å². The third-order valence-electron chi connectivity index (χ3n) is 5.13. The first-order valence-electron chi connectivity index (χ1n) is 10.3. The maximum Gasteiger partial charge on any atom is 0.308 e. The van der Waals surface area contributed by atoms with Crippen LogP contribution in [0.15, 0.2) is 76.4 Å². The lowest BCUT2D eigenvalue weighted by atomic mass is 10.2. The Balaban J connectivity index is 1.42. The van der Waals surface area contributed by atoms with Crippen molar-refractivity contribution in [2.45, 2.75) is 24.1 Å². The van der Waals surface area contributed by atoms with E-state index in [1.54, 1.807) is 40.6 Å². The molecule has 0 saturated carbocycles. The molecule has 0 fully saturated rings. The molecule has 0 saturated heterocycles. The quantitative estimate of drug-likeness (QED) is 0.306. The highest BCUT2D eigenvalue weighted by atomic mass is 35.5. The Bertz CT molecular complexity index is 1440. The van der Waals surface area contributed by atoms with Crippen LogP contribution in [0.2, 0.25) is 5.02 Å². The molecule has 9 heteroatoms. The minimum atomic E-state index is -3.66. The molecule has 1 heterocycles. The Labute approximate surface area is 206 Å². The van der Waals surface area contributed by atoms with Gasteiger partial charge < -0.3 is 0 Å². The molecule has 0 aliphatic carbocycles. The van der Waals surface area contributed by atoms with Crippen LogP contribution >= 0.6 is 34.7 Å². The predicted octanol–water partition coefficient (Wildman–Crippen LogP) is 5.28. The molecule has 1 N–H and O–H groups in total. The fraction of sp³-hybridized carbons (Fsp3) is 0.208. The van der Waals surface area contributed by atoms with Gasteiger partial charge in [0.1, 0.15) is 0 Å². The second-order valence-electron chi connectivity index (χ2n) is 7.61. The van der Waals surface area contributed by atoms with Gasteiger partial charge in [-0.25, -0.2) is 13.1 Å². The van der Waals surface area contributed by atoms with Crippen molar-refractivity contribution in [1.82, 2.24) is 9.29 Å². The summed E-state index contributed by atoms with van der Waals surface area (Å²) in [7, 11) is -3.66. The van der Waals surface area contributed by atoms with Crippen LogP contribution in [0.4, 0.5) is 0 Å². The first kappa shape index (κ1) is 24.0. The van der Waals surface area contributed by atoms with Crippen LogP contribution in [0.1, 0.15) is 16.7 Å². The summed E-state index contributed by atoms with van der Waals surface area (Å²) in [4.78, 5) is 12.6. The smallest absolute Gasteiger partial charge is 0.294 e. The summed E-state index contributed by atoms with van der Waals surface area (Å²) in [5.74, 6) is 1.50. The predicted molar refractivity (Wildman–Crippen MR) is 139 cm³/mol. The monoisotopic (exact) mass is 518 g/mol. The third-order valence-corrected chi connectivity index (χ3v) is 8.93.